The quantitative estimate of drug-likeness (QED) is 0.667. The highest BCUT2D eigenvalue weighted by Gasteiger charge is 2.04. The summed E-state index contributed by atoms with van der Waals surface area (Å²) in [7, 11) is 3.63. The molecule has 0 aromatic heterocycles. The first-order valence-corrected chi connectivity index (χ1v) is 7.07. The third-order valence-corrected chi connectivity index (χ3v) is 3.69. The second kappa shape index (κ2) is 6.78. The Morgan fingerprint density at radius 1 is 1.10 bits per heavy atom. The molecule has 2 aromatic carbocycles. The van der Waals surface area contributed by atoms with Crippen molar-refractivity contribution < 1.29 is 0 Å². The summed E-state index contributed by atoms with van der Waals surface area (Å²) >= 11 is 12.2. The molecule has 2 rings (SSSR count). The lowest BCUT2D eigenvalue weighted by Crippen LogP contribution is -2.19. The Labute approximate surface area is 129 Å². The molecule has 0 fully saturated rings. The van der Waals surface area contributed by atoms with E-state index in [1.54, 1.807) is 13.1 Å². The molecule has 2 aromatic rings. The second-order valence-electron chi connectivity index (χ2n) is 4.43. The van der Waals surface area contributed by atoms with Crippen LogP contribution in [0.2, 0.25) is 10.0 Å². The summed E-state index contributed by atoms with van der Waals surface area (Å²) in [5.74, 6) is 0.873. The Bertz CT molecular complexity index is 619. The van der Waals surface area contributed by atoms with Crippen LogP contribution in [0.3, 0.4) is 0 Å². The number of nitrogens with zero attached hydrogens (tertiary/aromatic N) is 1. The van der Waals surface area contributed by atoms with Gasteiger partial charge in [0.15, 0.2) is 0 Å². The molecule has 4 heteroatoms. The summed E-state index contributed by atoms with van der Waals surface area (Å²) in [4.78, 5) is 4.18. The van der Waals surface area contributed by atoms with Gasteiger partial charge in [0.25, 0.3) is 0 Å². The van der Waals surface area contributed by atoms with Crippen LogP contribution in [0.5, 0.6) is 0 Å². The summed E-state index contributed by atoms with van der Waals surface area (Å²) in [6.07, 6.45) is 0.762. The number of aliphatic imine (C=N–C) groups is 1. The number of benzene rings is 2. The van der Waals surface area contributed by atoms with Gasteiger partial charge < -0.3 is 5.32 Å². The highest BCUT2D eigenvalue weighted by atomic mass is 35.5. The number of hydrogen-bond donors (Lipinski definition) is 1. The zero-order chi connectivity index (χ0) is 14.5. The zero-order valence-electron chi connectivity index (χ0n) is 11.5. The maximum atomic E-state index is 6.18. The molecular formula is C16H16Cl2N2. The summed E-state index contributed by atoms with van der Waals surface area (Å²) in [5, 5.41) is 4.51. The number of nitrogens with one attached hydrogen (secondary N) is 1. The van der Waals surface area contributed by atoms with Crippen LogP contribution in [0.25, 0.3) is 0 Å². The minimum atomic E-state index is 0.705. The molecule has 0 saturated heterocycles. The minimum absolute atomic E-state index is 0.705. The van der Waals surface area contributed by atoms with Gasteiger partial charge in [0.1, 0.15) is 5.84 Å². The summed E-state index contributed by atoms with van der Waals surface area (Å²) in [5.41, 5.74) is 3.28. The van der Waals surface area contributed by atoms with Gasteiger partial charge in [-0.25, -0.2) is 0 Å². The molecule has 0 bridgehead atoms. The van der Waals surface area contributed by atoms with Crippen LogP contribution < -0.4 is 5.32 Å². The fraction of sp³-hybridized carbons (Fsp3) is 0.188. The Hall–Kier alpha value is -1.51. The highest BCUT2D eigenvalue weighted by Crippen LogP contribution is 2.23. The van der Waals surface area contributed by atoms with E-state index in [1.165, 1.54) is 5.56 Å². The van der Waals surface area contributed by atoms with Crippen molar-refractivity contribution in [3.8, 4) is 0 Å². The average Bonchev–Trinajstić information content (AvgIpc) is 2.46. The molecule has 20 heavy (non-hydrogen) atoms. The fourth-order valence-electron chi connectivity index (χ4n) is 2.06. The van der Waals surface area contributed by atoms with E-state index in [0.717, 1.165) is 28.4 Å². The fourth-order valence-corrected chi connectivity index (χ4v) is 2.44. The maximum absolute atomic E-state index is 6.18. The summed E-state index contributed by atoms with van der Waals surface area (Å²) in [6.45, 7) is 0. The van der Waals surface area contributed by atoms with Crippen LogP contribution in [0.1, 0.15) is 16.7 Å². The van der Waals surface area contributed by atoms with E-state index in [9.17, 15) is 0 Å². The number of rotatable bonds is 3. The van der Waals surface area contributed by atoms with Crippen LogP contribution in [-0.4, -0.2) is 19.9 Å². The largest absolute Gasteiger partial charge is 0.373 e. The molecule has 0 atom stereocenters. The van der Waals surface area contributed by atoms with Crippen molar-refractivity contribution in [3.05, 3.63) is 69.2 Å². The topological polar surface area (TPSA) is 24.4 Å². The van der Waals surface area contributed by atoms with Crippen molar-refractivity contribution in [2.24, 2.45) is 4.99 Å². The van der Waals surface area contributed by atoms with Crippen LogP contribution >= 0.6 is 23.2 Å². The van der Waals surface area contributed by atoms with Gasteiger partial charge in [0, 0.05) is 29.7 Å². The van der Waals surface area contributed by atoms with E-state index in [-0.39, 0.29) is 0 Å². The van der Waals surface area contributed by atoms with Gasteiger partial charge in [-0.1, -0.05) is 47.5 Å². The number of halogens is 2. The van der Waals surface area contributed by atoms with Crippen LogP contribution in [0.4, 0.5) is 0 Å². The molecule has 0 heterocycles. The van der Waals surface area contributed by atoms with E-state index in [1.807, 2.05) is 31.3 Å². The van der Waals surface area contributed by atoms with Crippen LogP contribution in [-0.2, 0) is 6.42 Å². The first kappa shape index (κ1) is 14.9. The van der Waals surface area contributed by atoms with E-state index in [4.69, 9.17) is 23.2 Å². The van der Waals surface area contributed by atoms with Crippen molar-refractivity contribution in [1.29, 1.82) is 0 Å². The Morgan fingerprint density at radius 2 is 1.80 bits per heavy atom. The second-order valence-corrected chi connectivity index (χ2v) is 5.28. The standard InChI is InChI=1S/C16H16Cl2N2/c1-19-16(20-2)12-5-3-11(4-6-12)9-13-10-14(17)7-8-15(13)18/h3-8,10H,9H2,1-2H3,(H,19,20). The first-order valence-electron chi connectivity index (χ1n) is 6.32. The number of amidine groups is 1. The molecule has 0 amide bonds. The molecule has 0 radical (unpaired) electrons. The normalized spacial score (nSPS) is 11.5. The van der Waals surface area contributed by atoms with Gasteiger partial charge in [-0.15, -0.1) is 0 Å². The van der Waals surface area contributed by atoms with E-state index < -0.39 is 0 Å². The number of hydrogen-bond acceptors (Lipinski definition) is 1. The Morgan fingerprint density at radius 3 is 2.40 bits per heavy atom. The third-order valence-electron chi connectivity index (χ3n) is 3.09. The van der Waals surface area contributed by atoms with Gasteiger partial charge in [0.05, 0.1) is 0 Å². The SMILES string of the molecule is CN=C(NC)c1ccc(Cc2cc(Cl)ccc2Cl)cc1. The lowest BCUT2D eigenvalue weighted by molar-refractivity contribution is 1.14. The van der Waals surface area contributed by atoms with E-state index in [2.05, 4.69) is 22.4 Å². The lowest BCUT2D eigenvalue weighted by Gasteiger charge is -2.08. The van der Waals surface area contributed by atoms with Crippen LogP contribution in [0.15, 0.2) is 47.5 Å². The first-order chi connectivity index (χ1) is 9.63. The van der Waals surface area contributed by atoms with Crippen LogP contribution in [0, 0.1) is 0 Å². The van der Waals surface area contributed by atoms with E-state index in [0.29, 0.717) is 5.02 Å². The average molecular weight is 307 g/mol. The van der Waals surface area contributed by atoms with Crippen molar-refractivity contribution >= 4 is 29.0 Å². The van der Waals surface area contributed by atoms with Crippen molar-refractivity contribution in [2.45, 2.75) is 6.42 Å². The smallest absolute Gasteiger partial charge is 0.127 e. The molecule has 1 N–H and O–H groups in total. The van der Waals surface area contributed by atoms with Gasteiger partial charge in [0.2, 0.25) is 0 Å². The molecule has 0 unspecified atom stereocenters. The molecule has 0 aliphatic rings. The highest BCUT2D eigenvalue weighted by molar-refractivity contribution is 6.33. The molecule has 0 saturated carbocycles. The minimum Gasteiger partial charge on any atom is -0.373 e. The van der Waals surface area contributed by atoms with Gasteiger partial charge in [-0.2, -0.15) is 0 Å². The monoisotopic (exact) mass is 306 g/mol. The van der Waals surface area contributed by atoms with Crippen molar-refractivity contribution in [1.82, 2.24) is 5.32 Å². The van der Waals surface area contributed by atoms with Gasteiger partial charge in [-0.05, 0) is 35.7 Å². The van der Waals surface area contributed by atoms with Crippen molar-refractivity contribution in [3.63, 3.8) is 0 Å². The maximum Gasteiger partial charge on any atom is 0.127 e. The molecule has 104 valence electrons. The molecule has 0 aliphatic heterocycles. The Kier molecular flexibility index (Phi) is 5.05. The predicted octanol–water partition coefficient (Wildman–Crippen LogP) is 4.18. The lowest BCUT2D eigenvalue weighted by atomic mass is 10.0. The summed E-state index contributed by atoms with van der Waals surface area (Å²) in [6, 6.07) is 13.8. The molecular weight excluding hydrogens is 291 g/mol. The zero-order valence-corrected chi connectivity index (χ0v) is 13.0. The summed E-state index contributed by atoms with van der Waals surface area (Å²) < 4.78 is 0. The predicted molar refractivity (Wildman–Crippen MR) is 87.2 cm³/mol. The van der Waals surface area contributed by atoms with Gasteiger partial charge in [-0.3, -0.25) is 4.99 Å². The molecule has 2 nitrogen and oxygen atoms in total. The van der Waals surface area contributed by atoms with E-state index >= 15 is 0 Å². The Balaban J connectivity index is 2.21. The molecule has 0 aliphatic carbocycles. The van der Waals surface area contributed by atoms with Gasteiger partial charge >= 0.3 is 0 Å². The molecule has 0 spiro atoms. The third kappa shape index (κ3) is 3.53. The van der Waals surface area contributed by atoms with Crippen molar-refractivity contribution in [2.75, 3.05) is 14.1 Å².